The summed E-state index contributed by atoms with van der Waals surface area (Å²) < 4.78 is 18.8. The number of ether oxygens (including phenoxy) is 1. The number of allylic oxidation sites excluding steroid dienone is 1. The van der Waals surface area contributed by atoms with Gasteiger partial charge in [0.1, 0.15) is 17.6 Å². The summed E-state index contributed by atoms with van der Waals surface area (Å²) in [6.07, 6.45) is 8.50. The van der Waals surface area contributed by atoms with Gasteiger partial charge in [-0.05, 0) is 110 Å². The van der Waals surface area contributed by atoms with Gasteiger partial charge in [-0.1, -0.05) is 31.2 Å². The Morgan fingerprint density at radius 2 is 1.75 bits per heavy atom. The molecule has 1 saturated heterocycles. The number of aryl methyl sites for hydroxylation is 1. The van der Waals surface area contributed by atoms with Crippen LogP contribution in [0.25, 0.3) is 5.57 Å². The van der Waals surface area contributed by atoms with Crippen LogP contribution in [0, 0.1) is 5.92 Å². The molecular formula is C31H42FNO3. The van der Waals surface area contributed by atoms with Crippen molar-refractivity contribution in [2.75, 3.05) is 26.3 Å². The molecule has 2 aromatic rings. The summed E-state index contributed by atoms with van der Waals surface area (Å²) >= 11 is 0. The Labute approximate surface area is 215 Å². The standard InChI is InChI=1S/C30H38FNO3.CH4/c31-16-2-17-32-18-15-27(20-32)35-26-12-7-22(8-13-26)30-28(21-5-9-24(33)10-6-21)4-1-3-23-19-25(34)11-14-29(23)30;/h7-8,11-14,19,21,24,27,33-34H,1-6,9-10,15-18,20H2;1H4/t21?,24?,27-;/m0./s1. The first-order valence-electron chi connectivity index (χ1n) is 13.4. The van der Waals surface area contributed by atoms with E-state index >= 15 is 0 Å². The number of phenolic OH excluding ortho intramolecular Hbond substituents is 1. The van der Waals surface area contributed by atoms with Crippen molar-refractivity contribution in [2.45, 2.75) is 77.4 Å². The Kier molecular flexibility index (Phi) is 9.08. The maximum Gasteiger partial charge on any atom is 0.119 e. The molecule has 0 unspecified atom stereocenters. The highest BCUT2D eigenvalue weighted by Gasteiger charge is 2.28. The van der Waals surface area contributed by atoms with Crippen molar-refractivity contribution in [3.05, 3.63) is 64.7 Å². The zero-order chi connectivity index (χ0) is 24.2. The predicted octanol–water partition coefficient (Wildman–Crippen LogP) is 6.53. The van der Waals surface area contributed by atoms with E-state index in [0.29, 0.717) is 18.1 Å². The summed E-state index contributed by atoms with van der Waals surface area (Å²) in [6.45, 7) is 2.38. The molecule has 0 amide bonds. The third-order valence-electron chi connectivity index (χ3n) is 8.04. The molecule has 1 saturated carbocycles. The maximum atomic E-state index is 12.5. The Morgan fingerprint density at radius 1 is 0.972 bits per heavy atom. The number of hydrogen-bond acceptors (Lipinski definition) is 4. The van der Waals surface area contributed by atoms with Gasteiger partial charge in [0.15, 0.2) is 0 Å². The van der Waals surface area contributed by atoms with Crippen LogP contribution >= 0.6 is 0 Å². The molecule has 36 heavy (non-hydrogen) atoms. The summed E-state index contributed by atoms with van der Waals surface area (Å²) in [6, 6.07) is 14.3. The average molecular weight is 496 g/mol. The topological polar surface area (TPSA) is 52.9 Å². The van der Waals surface area contributed by atoms with Gasteiger partial charge in [0.2, 0.25) is 0 Å². The van der Waals surface area contributed by atoms with E-state index in [9.17, 15) is 14.6 Å². The number of fused-ring (bicyclic) bond motifs is 1. The predicted molar refractivity (Wildman–Crippen MR) is 144 cm³/mol. The van der Waals surface area contributed by atoms with Gasteiger partial charge < -0.3 is 14.9 Å². The number of hydrogen-bond donors (Lipinski definition) is 2. The fraction of sp³-hybridized carbons (Fsp3) is 0.548. The lowest BCUT2D eigenvalue weighted by Gasteiger charge is -2.29. The molecule has 1 aliphatic heterocycles. The molecular weight excluding hydrogens is 453 g/mol. The third-order valence-corrected chi connectivity index (χ3v) is 8.04. The van der Waals surface area contributed by atoms with Crippen LogP contribution in [-0.4, -0.2) is 53.6 Å². The van der Waals surface area contributed by atoms with Crippen molar-refractivity contribution >= 4 is 5.57 Å². The van der Waals surface area contributed by atoms with Crippen molar-refractivity contribution < 1.29 is 19.3 Å². The minimum Gasteiger partial charge on any atom is -0.508 e. The monoisotopic (exact) mass is 495 g/mol. The lowest BCUT2D eigenvalue weighted by molar-refractivity contribution is 0.115. The van der Waals surface area contributed by atoms with Crippen molar-refractivity contribution in [2.24, 2.45) is 5.92 Å². The molecule has 5 rings (SSSR count). The summed E-state index contributed by atoms with van der Waals surface area (Å²) in [4.78, 5) is 2.29. The van der Waals surface area contributed by atoms with E-state index < -0.39 is 0 Å². The van der Waals surface area contributed by atoms with Gasteiger partial charge in [-0.3, -0.25) is 9.29 Å². The highest BCUT2D eigenvalue weighted by Crippen LogP contribution is 2.43. The quantitative estimate of drug-likeness (QED) is 0.459. The lowest BCUT2D eigenvalue weighted by Crippen LogP contribution is -2.26. The van der Waals surface area contributed by atoms with Crippen molar-refractivity contribution in [3.63, 3.8) is 0 Å². The van der Waals surface area contributed by atoms with E-state index in [1.165, 1.54) is 27.8 Å². The van der Waals surface area contributed by atoms with E-state index in [1.807, 2.05) is 6.07 Å². The van der Waals surface area contributed by atoms with Gasteiger partial charge in [-0.2, -0.15) is 0 Å². The molecule has 2 N–H and O–H groups in total. The molecule has 0 aromatic heterocycles. The molecule has 0 bridgehead atoms. The second-order valence-electron chi connectivity index (χ2n) is 10.5. The number of nitrogens with zero attached hydrogens (tertiary/aromatic N) is 1. The molecule has 1 atom stereocenters. The Hall–Kier alpha value is -2.37. The number of aliphatic hydroxyl groups excluding tert-OH is 1. The van der Waals surface area contributed by atoms with Gasteiger partial charge in [-0.15, -0.1) is 0 Å². The highest BCUT2D eigenvalue weighted by molar-refractivity contribution is 5.85. The number of rotatable bonds is 7. The van der Waals surface area contributed by atoms with Gasteiger partial charge in [-0.25, -0.2) is 0 Å². The fourth-order valence-corrected chi connectivity index (χ4v) is 6.24. The third kappa shape index (κ3) is 6.12. The highest BCUT2D eigenvalue weighted by atomic mass is 19.1. The fourth-order valence-electron chi connectivity index (χ4n) is 6.24. The van der Waals surface area contributed by atoms with E-state index in [1.54, 1.807) is 6.07 Å². The van der Waals surface area contributed by atoms with Crippen molar-refractivity contribution in [1.29, 1.82) is 0 Å². The summed E-state index contributed by atoms with van der Waals surface area (Å²) in [7, 11) is 0. The van der Waals surface area contributed by atoms with Gasteiger partial charge in [0.05, 0.1) is 12.8 Å². The minimum absolute atomic E-state index is 0. The Morgan fingerprint density at radius 3 is 2.50 bits per heavy atom. The SMILES string of the molecule is C.Oc1ccc2c(c1)CCCC(C1CCC(O)CC1)=C2c1ccc(O[C@H]2CCN(CCCF)C2)cc1. The molecule has 5 heteroatoms. The largest absolute Gasteiger partial charge is 0.508 e. The zero-order valence-electron chi connectivity index (χ0n) is 20.6. The number of halogens is 1. The van der Waals surface area contributed by atoms with Crippen molar-refractivity contribution in [3.8, 4) is 11.5 Å². The lowest BCUT2D eigenvalue weighted by atomic mass is 9.77. The Bertz CT molecular complexity index is 1030. The van der Waals surface area contributed by atoms with Crippen LogP contribution in [0.2, 0.25) is 0 Å². The van der Waals surface area contributed by atoms with E-state index in [0.717, 1.165) is 76.8 Å². The molecule has 0 spiro atoms. The van der Waals surface area contributed by atoms with Gasteiger partial charge in [0, 0.05) is 19.6 Å². The number of phenols is 1. The molecule has 2 aromatic carbocycles. The van der Waals surface area contributed by atoms with Crippen LogP contribution in [-0.2, 0) is 6.42 Å². The number of likely N-dealkylation sites (tertiary alicyclic amines) is 1. The minimum atomic E-state index is -0.258. The smallest absolute Gasteiger partial charge is 0.119 e. The van der Waals surface area contributed by atoms with E-state index in [2.05, 4.69) is 35.2 Å². The first-order valence-corrected chi connectivity index (χ1v) is 13.4. The van der Waals surface area contributed by atoms with E-state index in [4.69, 9.17) is 4.74 Å². The van der Waals surface area contributed by atoms with Gasteiger partial charge in [0.25, 0.3) is 0 Å². The summed E-state index contributed by atoms with van der Waals surface area (Å²) in [5.41, 5.74) is 6.46. The van der Waals surface area contributed by atoms with Crippen LogP contribution in [0.5, 0.6) is 11.5 Å². The van der Waals surface area contributed by atoms with Gasteiger partial charge >= 0.3 is 0 Å². The van der Waals surface area contributed by atoms with Crippen LogP contribution in [0.3, 0.4) is 0 Å². The Balaban J connectivity index is 0.00000304. The van der Waals surface area contributed by atoms with Crippen LogP contribution in [0.1, 0.15) is 75.5 Å². The van der Waals surface area contributed by atoms with E-state index in [-0.39, 0.29) is 26.3 Å². The number of alkyl halides is 1. The van der Waals surface area contributed by atoms with Crippen LogP contribution in [0.4, 0.5) is 4.39 Å². The first-order chi connectivity index (χ1) is 17.1. The van der Waals surface area contributed by atoms with Crippen LogP contribution < -0.4 is 4.74 Å². The second-order valence-corrected chi connectivity index (χ2v) is 10.5. The molecule has 2 fully saturated rings. The molecule has 0 radical (unpaired) electrons. The number of aromatic hydroxyl groups is 1. The molecule has 4 nitrogen and oxygen atoms in total. The number of benzene rings is 2. The molecule has 2 aliphatic carbocycles. The first kappa shape index (κ1) is 26.7. The maximum absolute atomic E-state index is 12.5. The normalized spacial score (nSPS) is 24.7. The number of aliphatic hydroxyl groups is 1. The molecule has 1 heterocycles. The van der Waals surface area contributed by atoms with Crippen LogP contribution in [0.15, 0.2) is 48.0 Å². The van der Waals surface area contributed by atoms with Crippen molar-refractivity contribution in [1.82, 2.24) is 4.90 Å². The average Bonchev–Trinajstić information content (AvgIpc) is 3.22. The zero-order valence-corrected chi connectivity index (χ0v) is 20.6. The summed E-state index contributed by atoms with van der Waals surface area (Å²) in [5.74, 6) is 1.71. The summed E-state index contributed by atoms with van der Waals surface area (Å²) in [5, 5.41) is 20.2. The second kappa shape index (κ2) is 12.2. The molecule has 196 valence electrons. The molecule has 3 aliphatic rings.